The maximum Gasteiger partial charge on any atom is 0.123 e. The highest BCUT2D eigenvalue weighted by atomic mass is 16.5. The molecule has 0 saturated heterocycles. The molecule has 19 heavy (non-hydrogen) atoms. The molecule has 2 aromatic rings. The van der Waals surface area contributed by atoms with Gasteiger partial charge < -0.3 is 10.1 Å². The highest BCUT2D eigenvalue weighted by Gasteiger charge is 2.06. The lowest BCUT2D eigenvalue weighted by Crippen LogP contribution is -1.98. The van der Waals surface area contributed by atoms with Gasteiger partial charge in [-0.3, -0.25) is 0 Å². The van der Waals surface area contributed by atoms with Crippen LogP contribution in [-0.4, -0.2) is 7.11 Å². The highest BCUT2D eigenvalue weighted by Crippen LogP contribution is 2.29. The Morgan fingerprint density at radius 2 is 1.47 bits per heavy atom. The van der Waals surface area contributed by atoms with E-state index in [0.717, 1.165) is 17.0 Å². The predicted molar refractivity (Wildman–Crippen MR) is 81.7 cm³/mol. The van der Waals surface area contributed by atoms with Crippen LogP contribution in [-0.2, 0) is 0 Å². The molecule has 2 heteroatoms. The SMILES string of the molecule is COc1cc(Nc2c(C)cc(C)cc2C)ccc1C. The van der Waals surface area contributed by atoms with E-state index in [0.29, 0.717) is 0 Å². The molecule has 0 amide bonds. The number of aryl methyl sites for hydroxylation is 4. The molecule has 0 aliphatic carbocycles. The van der Waals surface area contributed by atoms with Gasteiger partial charge in [0.1, 0.15) is 5.75 Å². The van der Waals surface area contributed by atoms with Crippen molar-refractivity contribution in [3.05, 3.63) is 52.6 Å². The first kappa shape index (κ1) is 13.5. The van der Waals surface area contributed by atoms with Crippen LogP contribution in [0.25, 0.3) is 0 Å². The Morgan fingerprint density at radius 1 is 0.842 bits per heavy atom. The zero-order valence-electron chi connectivity index (χ0n) is 12.3. The number of rotatable bonds is 3. The quantitative estimate of drug-likeness (QED) is 0.860. The van der Waals surface area contributed by atoms with E-state index < -0.39 is 0 Å². The normalized spacial score (nSPS) is 10.4. The Hall–Kier alpha value is -1.96. The Balaban J connectivity index is 2.36. The smallest absolute Gasteiger partial charge is 0.123 e. The summed E-state index contributed by atoms with van der Waals surface area (Å²) in [6.07, 6.45) is 0. The number of hydrogen-bond donors (Lipinski definition) is 1. The first-order valence-corrected chi connectivity index (χ1v) is 6.51. The molecule has 0 aromatic heterocycles. The van der Waals surface area contributed by atoms with Crippen LogP contribution in [0.1, 0.15) is 22.3 Å². The van der Waals surface area contributed by atoms with Crippen LogP contribution in [0.3, 0.4) is 0 Å². The molecule has 0 radical (unpaired) electrons. The fourth-order valence-electron chi connectivity index (χ4n) is 2.42. The molecule has 100 valence electrons. The maximum atomic E-state index is 5.36. The number of nitrogens with one attached hydrogen (secondary N) is 1. The van der Waals surface area contributed by atoms with Crippen molar-refractivity contribution >= 4 is 11.4 Å². The average molecular weight is 255 g/mol. The minimum atomic E-state index is 0.910. The summed E-state index contributed by atoms with van der Waals surface area (Å²) in [5.41, 5.74) is 7.19. The van der Waals surface area contributed by atoms with Crippen molar-refractivity contribution in [1.29, 1.82) is 0 Å². The van der Waals surface area contributed by atoms with E-state index in [4.69, 9.17) is 4.74 Å². The molecule has 0 fully saturated rings. The van der Waals surface area contributed by atoms with Gasteiger partial charge in [0.25, 0.3) is 0 Å². The third-order valence-corrected chi connectivity index (χ3v) is 3.35. The number of hydrogen-bond acceptors (Lipinski definition) is 2. The molecule has 0 aliphatic heterocycles. The zero-order valence-corrected chi connectivity index (χ0v) is 12.3. The summed E-state index contributed by atoms with van der Waals surface area (Å²) in [6, 6.07) is 10.6. The van der Waals surface area contributed by atoms with Crippen molar-refractivity contribution in [2.75, 3.05) is 12.4 Å². The Kier molecular flexibility index (Phi) is 3.79. The third kappa shape index (κ3) is 2.90. The van der Waals surface area contributed by atoms with Crippen LogP contribution >= 0.6 is 0 Å². The van der Waals surface area contributed by atoms with Crippen LogP contribution in [0.4, 0.5) is 11.4 Å². The Morgan fingerprint density at radius 3 is 2.05 bits per heavy atom. The second-order valence-electron chi connectivity index (χ2n) is 5.08. The van der Waals surface area contributed by atoms with Crippen LogP contribution in [0.15, 0.2) is 30.3 Å². The minimum Gasteiger partial charge on any atom is -0.496 e. The second kappa shape index (κ2) is 5.35. The molecule has 0 atom stereocenters. The van der Waals surface area contributed by atoms with Gasteiger partial charge >= 0.3 is 0 Å². The van der Waals surface area contributed by atoms with E-state index >= 15 is 0 Å². The van der Waals surface area contributed by atoms with Crippen molar-refractivity contribution in [2.24, 2.45) is 0 Å². The van der Waals surface area contributed by atoms with Gasteiger partial charge in [0.05, 0.1) is 7.11 Å². The van der Waals surface area contributed by atoms with E-state index in [-0.39, 0.29) is 0 Å². The molecule has 0 aliphatic rings. The molecule has 0 saturated carbocycles. The molecule has 2 rings (SSSR count). The third-order valence-electron chi connectivity index (χ3n) is 3.35. The molecule has 1 N–H and O–H groups in total. The van der Waals surface area contributed by atoms with Gasteiger partial charge in [-0.2, -0.15) is 0 Å². The fraction of sp³-hybridized carbons (Fsp3) is 0.294. The first-order chi connectivity index (χ1) is 9.01. The molecule has 0 spiro atoms. The number of ether oxygens (including phenoxy) is 1. The van der Waals surface area contributed by atoms with Crippen LogP contribution < -0.4 is 10.1 Å². The average Bonchev–Trinajstić information content (AvgIpc) is 2.35. The van der Waals surface area contributed by atoms with E-state index in [1.165, 1.54) is 22.4 Å². The van der Waals surface area contributed by atoms with Crippen LogP contribution in [0.2, 0.25) is 0 Å². The largest absolute Gasteiger partial charge is 0.496 e. The van der Waals surface area contributed by atoms with E-state index in [1.54, 1.807) is 7.11 Å². The zero-order chi connectivity index (χ0) is 14.0. The summed E-state index contributed by atoms with van der Waals surface area (Å²) in [5.74, 6) is 0.910. The monoisotopic (exact) mass is 255 g/mol. The lowest BCUT2D eigenvalue weighted by molar-refractivity contribution is 0.412. The molecular formula is C17H21NO. The standard InChI is InChI=1S/C17H21NO/c1-11-8-13(3)17(14(4)9-11)18-15-7-6-12(2)16(10-15)19-5/h6-10,18H,1-5H3. The molecule has 2 aromatic carbocycles. The van der Waals surface area contributed by atoms with Gasteiger partial charge in [-0.05, 0) is 50.5 Å². The van der Waals surface area contributed by atoms with Gasteiger partial charge in [-0.15, -0.1) is 0 Å². The summed E-state index contributed by atoms with van der Waals surface area (Å²) < 4.78 is 5.36. The summed E-state index contributed by atoms with van der Waals surface area (Å²) in [5, 5.41) is 3.49. The first-order valence-electron chi connectivity index (χ1n) is 6.51. The number of benzene rings is 2. The van der Waals surface area contributed by atoms with Crippen molar-refractivity contribution in [1.82, 2.24) is 0 Å². The van der Waals surface area contributed by atoms with Crippen molar-refractivity contribution in [3.8, 4) is 5.75 Å². The Bertz CT molecular complexity index is 579. The molecule has 0 unspecified atom stereocenters. The molecule has 0 heterocycles. The summed E-state index contributed by atoms with van der Waals surface area (Å²) in [6.45, 7) is 8.44. The lowest BCUT2D eigenvalue weighted by atomic mass is 10.0. The van der Waals surface area contributed by atoms with E-state index in [1.807, 2.05) is 13.0 Å². The van der Waals surface area contributed by atoms with Crippen LogP contribution in [0, 0.1) is 27.7 Å². The van der Waals surface area contributed by atoms with Crippen molar-refractivity contribution in [2.45, 2.75) is 27.7 Å². The molecule has 2 nitrogen and oxygen atoms in total. The second-order valence-corrected chi connectivity index (χ2v) is 5.08. The van der Waals surface area contributed by atoms with Gasteiger partial charge in [-0.1, -0.05) is 23.8 Å². The van der Waals surface area contributed by atoms with Gasteiger partial charge in [0.2, 0.25) is 0 Å². The van der Waals surface area contributed by atoms with Gasteiger partial charge in [0.15, 0.2) is 0 Å². The Labute approximate surface area is 115 Å². The topological polar surface area (TPSA) is 21.3 Å². The fourth-order valence-corrected chi connectivity index (χ4v) is 2.42. The predicted octanol–water partition coefficient (Wildman–Crippen LogP) is 4.67. The minimum absolute atomic E-state index is 0.910. The summed E-state index contributed by atoms with van der Waals surface area (Å²) in [4.78, 5) is 0. The van der Waals surface area contributed by atoms with E-state index in [9.17, 15) is 0 Å². The van der Waals surface area contributed by atoms with Crippen molar-refractivity contribution in [3.63, 3.8) is 0 Å². The van der Waals surface area contributed by atoms with Crippen LogP contribution in [0.5, 0.6) is 5.75 Å². The van der Waals surface area contributed by atoms with Gasteiger partial charge in [0, 0.05) is 17.4 Å². The highest BCUT2D eigenvalue weighted by molar-refractivity contribution is 5.68. The summed E-state index contributed by atoms with van der Waals surface area (Å²) >= 11 is 0. The van der Waals surface area contributed by atoms with Gasteiger partial charge in [-0.25, -0.2) is 0 Å². The molecule has 0 bridgehead atoms. The number of anilines is 2. The lowest BCUT2D eigenvalue weighted by Gasteiger charge is -2.15. The van der Waals surface area contributed by atoms with E-state index in [2.05, 4.69) is 50.4 Å². The molecular weight excluding hydrogens is 234 g/mol. The van der Waals surface area contributed by atoms with Crippen molar-refractivity contribution < 1.29 is 4.74 Å². The summed E-state index contributed by atoms with van der Waals surface area (Å²) in [7, 11) is 1.70. The number of methoxy groups -OCH3 is 1. The maximum absolute atomic E-state index is 5.36.